The van der Waals surface area contributed by atoms with Crippen LogP contribution in [-0.4, -0.2) is 29.8 Å². The fourth-order valence-electron chi connectivity index (χ4n) is 2.16. The second-order valence-corrected chi connectivity index (χ2v) is 5.78. The number of nitrogens with one attached hydrogen (secondary N) is 1. The highest BCUT2D eigenvalue weighted by Crippen LogP contribution is 2.19. The average molecular weight is 335 g/mol. The van der Waals surface area contributed by atoms with Gasteiger partial charge in [0.05, 0.1) is 12.3 Å². The van der Waals surface area contributed by atoms with E-state index in [-0.39, 0.29) is 17.9 Å². The van der Waals surface area contributed by atoms with Crippen LogP contribution < -0.4 is 5.32 Å². The zero-order valence-corrected chi connectivity index (χ0v) is 14.0. The van der Waals surface area contributed by atoms with Crippen molar-refractivity contribution in [3.8, 4) is 0 Å². The first-order valence-corrected chi connectivity index (χ1v) is 7.64. The summed E-state index contributed by atoms with van der Waals surface area (Å²) in [4.78, 5) is 26.1. The van der Waals surface area contributed by atoms with Crippen molar-refractivity contribution in [2.45, 2.75) is 25.9 Å². The predicted octanol–water partition coefficient (Wildman–Crippen LogP) is 3.27. The monoisotopic (exact) mass is 334 g/mol. The fraction of sp³-hybridized carbons (Fsp3) is 0.294. The molecule has 0 aliphatic heterocycles. The zero-order valence-electron chi connectivity index (χ0n) is 13.2. The van der Waals surface area contributed by atoms with E-state index in [1.54, 1.807) is 55.5 Å². The Kier molecular flexibility index (Phi) is 5.45. The first-order chi connectivity index (χ1) is 10.9. The van der Waals surface area contributed by atoms with E-state index in [9.17, 15) is 9.59 Å². The normalized spacial score (nSPS) is 13.2. The van der Waals surface area contributed by atoms with Crippen LogP contribution in [0.15, 0.2) is 47.1 Å². The Hall–Kier alpha value is -2.27. The second-order valence-electron chi connectivity index (χ2n) is 5.34. The fourth-order valence-corrected chi connectivity index (χ4v) is 2.29. The number of benzene rings is 1. The first-order valence-electron chi connectivity index (χ1n) is 7.26. The van der Waals surface area contributed by atoms with E-state index >= 15 is 0 Å². The predicted molar refractivity (Wildman–Crippen MR) is 88.3 cm³/mol. The number of furan rings is 1. The Balaban J connectivity index is 1.99. The quantitative estimate of drug-likeness (QED) is 0.912. The highest BCUT2D eigenvalue weighted by molar-refractivity contribution is 6.30. The Labute approximate surface area is 140 Å². The van der Waals surface area contributed by atoms with Gasteiger partial charge in [0.2, 0.25) is 5.91 Å². The molecule has 6 heteroatoms. The maximum Gasteiger partial charge on any atom is 0.251 e. The van der Waals surface area contributed by atoms with E-state index in [1.807, 2.05) is 13.0 Å². The first kappa shape index (κ1) is 17.1. The smallest absolute Gasteiger partial charge is 0.251 e. The van der Waals surface area contributed by atoms with Crippen LogP contribution in [-0.2, 0) is 4.79 Å². The van der Waals surface area contributed by atoms with Gasteiger partial charge in [-0.2, -0.15) is 0 Å². The van der Waals surface area contributed by atoms with Crippen molar-refractivity contribution in [2.24, 2.45) is 0 Å². The molecule has 2 atom stereocenters. The zero-order chi connectivity index (χ0) is 17.0. The summed E-state index contributed by atoms with van der Waals surface area (Å²) in [6, 6.07) is 9.21. The van der Waals surface area contributed by atoms with Gasteiger partial charge in [-0.15, -0.1) is 0 Å². The molecule has 2 rings (SSSR count). The molecule has 2 amide bonds. The molecule has 0 radical (unpaired) electrons. The summed E-state index contributed by atoms with van der Waals surface area (Å²) in [5, 5.41) is 3.25. The standard InChI is InChI=1S/C17H19ClN2O3/c1-11(19-16(21)13-6-8-14(18)9-7-13)17(22)20(3)12(2)15-5-4-10-23-15/h4-12H,1-3H3,(H,19,21)/t11-,12-/m0/s1. The van der Waals surface area contributed by atoms with Gasteiger partial charge in [-0.1, -0.05) is 11.6 Å². The summed E-state index contributed by atoms with van der Waals surface area (Å²) in [6.07, 6.45) is 1.57. The number of nitrogens with zero attached hydrogens (tertiary/aromatic N) is 1. The molecule has 0 fully saturated rings. The SMILES string of the molecule is C[C@H](NC(=O)c1ccc(Cl)cc1)C(=O)N(C)[C@@H](C)c1ccco1. The Morgan fingerprint density at radius 1 is 1.17 bits per heavy atom. The van der Waals surface area contributed by atoms with E-state index in [0.29, 0.717) is 16.3 Å². The lowest BCUT2D eigenvalue weighted by atomic mass is 10.1. The van der Waals surface area contributed by atoms with E-state index in [2.05, 4.69) is 5.32 Å². The van der Waals surface area contributed by atoms with Crippen LogP contribution in [0.3, 0.4) is 0 Å². The number of likely N-dealkylation sites (N-methyl/N-ethyl adjacent to an activating group) is 1. The van der Waals surface area contributed by atoms with Crippen molar-refractivity contribution >= 4 is 23.4 Å². The molecule has 1 heterocycles. The molecule has 0 saturated heterocycles. The molecular weight excluding hydrogens is 316 g/mol. The van der Waals surface area contributed by atoms with Crippen LogP contribution >= 0.6 is 11.6 Å². The third kappa shape index (κ3) is 4.13. The number of carbonyl (C=O) groups excluding carboxylic acids is 2. The van der Waals surface area contributed by atoms with Crippen molar-refractivity contribution in [1.29, 1.82) is 0 Å². The van der Waals surface area contributed by atoms with Crippen LogP contribution in [0.5, 0.6) is 0 Å². The number of hydrogen-bond donors (Lipinski definition) is 1. The van der Waals surface area contributed by atoms with Gasteiger partial charge >= 0.3 is 0 Å². The lowest BCUT2D eigenvalue weighted by molar-refractivity contribution is -0.133. The van der Waals surface area contributed by atoms with Gasteiger partial charge in [0, 0.05) is 17.6 Å². The molecule has 0 saturated carbocycles. The summed E-state index contributed by atoms with van der Waals surface area (Å²) in [5.74, 6) is 0.176. The van der Waals surface area contributed by atoms with Crippen LogP contribution in [0.4, 0.5) is 0 Å². The molecule has 0 bridgehead atoms. The molecule has 0 spiro atoms. The molecule has 1 N–H and O–H groups in total. The molecule has 1 aromatic heterocycles. The molecule has 23 heavy (non-hydrogen) atoms. The lowest BCUT2D eigenvalue weighted by Crippen LogP contribution is -2.46. The number of carbonyl (C=O) groups is 2. The third-order valence-electron chi connectivity index (χ3n) is 3.71. The molecular formula is C17H19ClN2O3. The molecule has 1 aromatic carbocycles. The molecule has 2 aromatic rings. The van der Waals surface area contributed by atoms with Crippen molar-refractivity contribution in [2.75, 3.05) is 7.05 Å². The summed E-state index contributed by atoms with van der Waals surface area (Å²) in [7, 11) is 1.68. The van der Waals surface area contributed by atoms with Crippen LogP contribution in [0.25, 0.3) is 0 Å². The van der Waals surface area contributed by atoms with Gasteiger partial charge in [-0.25, -0.2) is 0 Å². The van der Waals surface area contributed by atoms with Crippen LogP contribution in [0.2, 0.25) is 5.02 Å². The van der Waals surface area contributed by atoms with Crippen LogP contribution in [0.1, 0.15) is 36.0 Å². The van der Waals surface area contributed by atoms with Crippen molar-refractivity contribution in [3.05, 3.63) is 59.0 Å². The minimum absolute atomic E-state index is 0.198. The second kappa shape index (κ2) is 7.33. The largest absolute Gasteiger partial charge is 0.467 e. The van der Waals surface area contributed by atoms with Gasteiger partial charge in [0.25, 0.3) is 5.91 Å². The molecule has 122 valence electrons. The third-order valence-corrected chi connectivity index (χ3v) is 3.96. The summed E-state index contributed by atoms with van der Waals surface area (Å²) in [6.45, 7) is 3.52. The van der Waals surface area contributed by atoms with Gasteiger partial charge < -0.3 is 14.6 Å². The average Bonchev–Trinajstić information content (AvgIpc) is 3.07. The highest BCUT2D eigenvalue weighted by atomic mass is 35.5. The maximum absolute atomic E-state index is 12.4. The molecule has 0 aliphatic carbocycles. The molecule has 0 unspecified atom stereocenters. The molecule has 5 nitrogen and oxygen atoms in total. The lowest BCUT2D eigenvalue weighted by Gasteiger charge is -2.26. The van der Waals surface area contributed by atoms with Crippen molar-refractivity contribution < 1.29 is 14.0 Å². The number of rotatable bonds is 5. The topological polar surface area (TPSA) is 62.6 Å². The Bertz CT molecular complexity index is 668. The molecule has 0 aliphatic rings. The van der Waals surface area contributed by atoms with Gasteiger partial charge in [0.1, 0.15) is 11.8 Å². The van der Waals surface area contributed by atoms with Gasteiger partial charge in [0.15, 0.2) is 0 Å². The number of amides is 2. The number of hydrogen-bond acceptors (Lipinski definition) is 3. The highest BCUT2D eigenvalue weighted by Gasteiger charge is 2.25. The summed E-state index contributed by atoms with van der Waals surface area (Å²) in [5.41, 5.74) is 0.454. The minimum atomic E-state index is -0.652. The van der Waals surface area contributed by atoms with Crippen molar-refractivity contribution in [3.63, 3.8) is 0 Å². The number of halogens is 1. The Morgan fingerprint density at radius 2 is 1.83 bits per heavy atom. The van der Waals surface area contributed by atoms with Crippen molar-refractivity contribution in [1.82, 2.24) is 10.2 Å². The minimum Gasteiger partial charge on any atom is -0.467 e. The van der Waals surface area contributed by atoms with E-state index in [1.165, 1.54) is 0 Å². The summed E-state index contributed by atoms with van der Waals surface area (Å²) >= 11 is 5.80. The van der Waals surface area contributed by atoms with E-state index in [4.69, 9.17) is 16.0 Å². The van der Waals surface area contributed by atoms with Gasteiger partial charge in [-0.05, 0) is 50.2 Å². The Morgan fingerprint density at radius 3 is 2.39 bits per heavy atom. The summed E-state index contributed by atoms with van der Waals surface area (Å²) < 4.78 is 5.31. The maximum atomic E-state index is 12.4. The van der Waals surface area contributed by atoms with Crippen LogP contribution in [0, 0.1) is 0 Å². The van der Waals surface area contributed by atoms with E-state index < -0.39 is 6.04 Å². The van der Waals surface area contributed by atoms with E-state index in [0.717, 1.165) is 0 Å². The van der Waals surface area contributed by atoms with Gasteiger partial charge in [-0.3, -0.25) is 9.59 Å².